The van der Waals surface area contributed by atoms with Gasteiger partial charge in [-0.3, -0.25) is 14.9 Å². The lowest BCUT2D eigenvalue weighted by Crippen LogP contribution is -2.21. The molecular weight excluding hydrogens is 396 g/mol. The molecule has 0 saturated carbocycles. The highest BCUT2D eigenvalue weighted by Gasteiger charge is 2.16. The van der Waals surface area contributed by atoms with Gasteiger partial charge in [0, 0.05) is 36.5 Å². The van der Waals surface area contributed by atoms with Gasteiger partial charge in [0.05, 0.1) is 16.9 Å². The number of aryl methyl sites for hydroxylation is 1. The van der Waals surface area contributed by atoms with Crippen LogP contribution in [0.2, 0.25) is 0 Å². The Kier molecular flexibility index (Phi) is 6.60. The zero-order valence-corrected chi connectivity index (χ0v) is 16.6. The molecular formula is C18H20N6O4S. The van der Waals surface area contributed by atoms with Gasteiger partial charge in [0.25, 0.3) is 5.69 Å². The highest BCUT2D eigenvalue weighted by Crippen LogP contribution is 2.22. The van der Waals surface area contributed by atoms with Crippen molar-refractivity contribution in [1.29, 1.82) is 0 Å². The highest BCUT2D eigenvalue weighted by molar-refractivity contribution is 7.99. The summed E-state index contributed by atoms with van der Waals surface area (Å²) in [5.74, 6) is 0.238. The van der Waals surface area contributed by atoms with Crippen molar-refractivity contribution in [2.24, 2.45) is 5.10 Å². The Morgan fingerprint density at radius 1 is 1.38 bits per heavy atom. The number of carbonyl (C=O) groups excluding carboxylic acids is 1. The van der Waals surface area contributed by atoms with E-state index in [-0.39, 0.29) is 28.7 Å². The van der Waals surface area contributed by atoms with E-state index in [1.54, 1.807) is 0 Å². The number of nitrogens with zero attached hydrogens (tertiary/aromatic N) is 5. The quantitative estimate of drug-likeness (QED) is 0.231. The minimum atomic E-state index is -0.577. The fourth-order valence-electron chi connectivity index (χ4n) is 2.76. The van der Waals surface area contributed by atoms with Gasteiger partial charge in [-0.15, -0.1) is 0 Å². The van der Waals surface area contributed by atoms with Crippen LogP contribution in [0.4, 0.5) is 11.6 Å². The number of amides is 1. The first-order chi connectivity index (χ1) is 13.9. The Bertz CT molecular complexity index is 946. The lowest BCUT2D eigenvalue weighted by Gasteiger charge is -2.16. The number of anilines is 1. The predicted octanol–water partition coefficient (Wildman–Crippen LogP) is 2.24. The van der Waals surface area contributed by atoms with E-state index < -0.39 is 4.92 Å². The van der Waals surface area contributed by atoms with Gasteiger partial charge in [0.15, 0.2) is 0 Å². The van der Waals surface area contributed by atoms with Crippen LogP contribution in [0.1, 0.15) is 24.1 Å². The summed E-state index contributed by atoms with van der Waals surface area (Å²) in [7, 11) is 0. The summed E-state index contributed by atoms with van der Waals surface area (Å²) in [6, 6.07) is 5.37. The van der Waals surface area contributed by atoms with Crippen molar-refractivity contribution in [2.45, 2.75) is 24.8 Å². The van der Waals surface area contributed by atoms with E-state index in [0.717, 1.165) is 37.8 Å². The van der Waals surface area contributed by atoms with Crippen molar-refractivity contribution < 1.29 is 14.8 Å². The molecule has 1 aromatic heterocycles. The summed E-state index contributed by atoms with van der Waals surface area (Å²) in [5.41, 5.74) is 3.13. The number of nitro groups is 1. The molecule has 1 fully saturated rings. The van der Waals surface area contributed by atoms with E-state index in [0.29, 0.717) is 11.0 Å². The van der Waals surface area contributed by atoms with Crippen molar-refractivity contribution in [1.82, 2.24) is 15.4 Å². The number of nitro benzene ring substituents is 1. The Morgan fingerprint density at radius 2 is 2.14 bits per heavy atom. The van der Waals surface area contributed by atoms with Crippen LogP contribution in [0, 0.1) is 17.0 Å². The number of phenolic OH excluding ortho intramolecular Hbond substituents is 1. The van der Waals surface area contributed by atoms with Crippen LogP contribution in [-0.4, -0.2) is 51.0 Å². The van der Waals surface area contributed by atoms with Crippen LogP contribution >= 0.6 is 11.8 Å². The summed E-state index contributed by atoms with van der Waals surface area (Å²) < 4.78 is 0. The number of hydrazone groups is 1. The van der Waals surface area contributed by atoms with E-state index in [1.807, 2.05) is 13.0 Å². The van der Waals surface area contributed by atoms with Gasteiger partial charge in [-0.2, -0.15) is 5.10 Å². The second-order valence-corrected chi connectivity index (χ2v) is 7.42. The van der Waals surface area contributed by atoms with E-state index in [4.69, 9.17) is 0 Å². The number of hydrogen-bond acceptors (Lipinski definition) is 9. The third-order valence-corrected chi connectivity index (χ3v) is 5.09. The molecule has 1 aromatic carbocycles. The Balaban J connectivity index is 1.56. The van der Waals surface area contributed by atoms with Crippen LogP contribution in [0.3, 0.4) is 0 Å². The van der Waals surface area contributed by atoms with Gasteiger partial charge < -0.3 is 10.0 Å². The maximum Gasteiger partial charge on any atom is 0.270 e. The second-order valence-electron chi connectivity index (χ2n) is 6.42. The van der Waals surface area contributed by atoms with Crippen LogP contribution in [0.5, 0.6) is 5.75 Å². The number of aromatic hydroxyl groups is 1. The maximum atomic E-state index is 12.0. The Hall–Kier alpha value is -3.21. The van der Waals surface area contributed by atoms with Crippen LogP contribution in [0.25, 0.3) is 0 Å². The molecule has 1 aliphatic rings. The third-order valence-electron chi connectivity index (χ3n) is 4.17. The largest absolute Gasteiger partial charge is 0.507 e. The van der Waals surface area contributed by atoms with Crippen molar-refractivity contribution >= 4 is 35.5 Å². The minimum Gasteiger partial charge on any atom is -0.507 e. The number of rotatable bonds is 7. The first kappa shape index (κ1) is 20.5. The standard InChI is InChI=1S/C18H20N6O4S/c1-12-8-17(21-18(20-12)23-6-2-3-7-23)29-11-16(26)22-19-10-13-9-14(24(27)28)4-5-15(13)25/h4-5,8-10,25H,2-3,6-7,11H2,1H3,(H,22,26)/b19-10+. The molecule has 1 saturated heterocycles. The summed E-state index contributed by atoms with van der Waals surface area (Å²) in [6.45, 7) is 3.77. The van der Waals surface area contributed by atoms with E-state index in [9.17, 15) is 20.0 Å². The van der Waals surface area contributed by atoms with E-state index in [2.05, 4.69) is 25.4 Å². The Labute approximate surface area is 171 Å². The molecule has 0 aliphatic carbocycles. The molecule has 0 bridgehead atoms. The van der Waals surface area contributed by atoms with Gasteiger partial charge in [0.2, 0.25) is 11.9 Å². The topological polar surface area (TPSA) is 134 Å². The van der Waals surface area contributed by atoms with Gasteiger partial charge in [0.1, 0.15) is 10.8 Å². The monoisotopic (exact) mass is 416 g/mol. The van der Waals surface area contributed by atoms with Crippen molar-refractivity contribution in [3.8, 4) is 5.75 Å². The van der Waals surface area contributed by atoms with Gasteiger partial charge >= 0.3 is 0 Å². The zero-order valence-electron chi connectivity index (χ0n) is 15.7. The molecule has 0 spiro atoms. The second kappa shape index (κ2) is 9.32. The third kappa shape index (κ3) is 5.64. The number of benzene rings is 1. The fourth-order valence-corrected chi connectivity index (χ4v) is 3.51. The van der Waals surface area contributed by atoms with E-state index >= 15 is 0 Å². The van der Waals surface area contributed by atoms with Crippen molar-refractivity contribution in [3.63, 3.8) is 0 Å². The number of non-ortho nitro benzene ring substituents is 1. The molecule has 1 aliphatic heterocycles. The summed E-state index contributed by atoms with van der Waals surface area (Å²) in [6.07, 6.45) is 3.41. The number of thioether (sulfide) groups is 1. The number of phenols is 1. The lowest BCUT2D eigenvalue weighted by molar-refractivity contribution is -0.384. The smallest absolute Gasteiger partial charge is 0.270 e. The van der Waals surface area contributed by atoms with Crippen LogP contribution in [0.15, 0.2) is 34.4 Å². The first-order valence-corrected chi connectivity index (χ1v) is 9.93. The molecule has 0 unspecified atom stereocenters. The molecule has 2 aromatic rings. The lowest BCUT2D eigenvalue weighted by atomic mass is 10.2. The van der Waals surface area contributed by atoms with E-state index in [1.165, 1.54) is 30.0 Å². The van der Waals surface area contributed by atoms with Crippen molar-refractivity contribution in [3.05, 3.63) is 45.6 Å². The average Bonchev–Trinajstić information content (AvgIpc) is 3.22. The number of carbonyl (C=O) groups is 1. The number of nitrogens with one attached hydrogen (secondary N) is 1. The number of hydrogen-bond donors (Lipinski definition) is 2. The molecule has 10 nitrogen and oxygen atoms in total. The zero-order chi connectivity index (χ0) is 20.8. The Morgan fingerprint density at radius 3 is 2.86 bits per heavy atom. The van der Waals surface area contributed by atoms with Crippen LogP contribution < -0.4 is 10.3 Å². The molecule has 2 heterocycles. The highest BCUT2D eigenvalue weighted by atomic mass is 32.2. The summed E-state index contributed by atoms with van der Waals surface area (Å²) >= 11 is 1.27. The molecule has 1 amide bonds. The van der Waals surface area contributed by atoms with Crippen molar-refractivity contribution in [2.75, 3.05) is 23.7 Å². The van der Waals surface area contributed by atoms with Gasteiger partial charge in [-0.25, -0.2) is 15.4 Å². The van der Waals surface area contributed by atoms with Crippen LogP contribution in [-0.2, 0) is 4.79 Å². The molecule has 2 N–H and O–H groups in total. The fraction of sp³-hybridized carbons (Fsp3) is 0.333. The molecule has 29 heavy (non-hydrogen) atoms. The average molecular weight is 416 g/mol. The maximum absolute atomic E-state index is 12.0. The normalized spacial score (nSPS) is 13.8. The first-order valence-electron chi connectivity index (χ1n) is 8.95. The summed E-state index contributed by atoms with van der Waals surface area (Å²) in [4.78, 5) is 33.3. The van der Waals surface area contributed by atoms with Gasteiger partial charge in [-0.1, -0.05) is 11.8 Å². The predicted molar refractivity (Wildman–Crippen MR) is 109 cm³/mol. The molecule has 11 heteroatoms. The minimum absolute atomic E-state index is 0.0914. The molecule has 0 atom stereocenters. The van der Waals surface area contributed by atoms with Gasteiger partial charge in [-0.05, 0) is 31.9 Å². The SMILES string of the molecule is Cc1cc(SCC(=O)N/N=C/c2cc([N+](=O)[O-])ccc2O)nc(N2CCCC2)n1. The molecule has 0 radical (unpaired) electrons. The summed E-state index contributed by atoms with van der Waals surface area (Å²) in [5, 5.41) is 25.0. The molecule has 152 valence electrons. The molecule has 3 rings (SSSR count). The number of aromatic nitrogens is 2.